The molecule has 0 radical (unpaired) electrons. The Morgan fingerprint density at radius 1 is 0.966 bits per heavy atom. The number of carbonyl (C=O) groups excluding carboxylic acids is 2. The van der Waals surface area contributed by atoms with Crippen LogP contribution in [0.1, 0.15) is 43.5 Å². The Morgan fingerprint density at radius 2 is 1.66 bits per heavy atom. The second kappa shape index (κ2) is 8.84. The van der Waals surface area contributed by atoms with Crippen molar-refractivity contribution in [1.29, 1.82) is 0 Å². The molecule has 3 aliphatic rings. The summed E-state index contributed by atoms with van der Waals surface area (Å²) in [6.07, 6.45) is 4.05. The number of hydrogen-bond acceptors (Lipinski definition) is 5. The highest BCUT2D eigenvalue weighted by Gasteiger charge is 2.31. The molecule has 0 aromatic heterocycles. The van der Waals surface area contributed by atoms with Crippen molar-refractivity contribution in [3.8, 4) is 0 Å². The number of benzene rings is 1. The van der Waals surface area contributed by atoms with Gasteiger partial charge in [0.15, 0.2) is 5.78 Å². The molecule has 6 nitrogen and oxygen atoms in total. The summed E-state index contributed by atoms with van der Waals surface area (Å²) in [5.41, 5.74) is 1.91. The third-order valence-electron chi connectivity index (χ3n) is 7.00. The number of nitrogens with zero attached hydrogens (tertiary/aromatic N) is 4. The number of anilines is 1. The van der Waals surface area contributed by atoms with E-state index >= 15 is 0 Å². The van der Waals surface area contributed by atoms with E-state index in [-0.39, 0.29) is 11.7 Å². The van der Waals surface area contributed by atoms with Crippen LogP contribution in [0.25, 0.3) is 0 Å². The van der Waals surface area contributed by atoms with Gasteiger partial charge in [0, 0.05) is 69.1 Å². The van der Waals surface area contributed by atoms with E-state index in [1.54, 1.807) is 6.92 Å². The fraction of sp³-hybridized carbons (Fsp3) is 0.652. The second-order valence-corrected chi connectivity index (χ2v) is 8.87. The molecule has 0 bridgehead atoms. The third kappa shape index (κ3) is 4.64. The lowest BCUT2D eigenvalue weighted by Crippen LogP contribution is -2.57. The lowest BCUT2D eigenvalue weighted by Gasteiger charge is -2.44. The van der Waals surface area contributed by atoms with Crippen LogP contribution in [-0.2, 0) is 4.79 Å². The number of Topliss-reactive ketones (excluding diaryl/α,β-unsaturated/α-hetero) is 1. The summed E-state index contributed by atoms with van der Waals surface area (Å²) >= 11 is 0. The lowest BCUT2D eigenvalue weighted by atomic mass is 9.91. The van der Waals surface area contributed by atoms with Gasteiger partial charge < -0.3 is 9.80 Å². The zero-order valence-corrected chi connectivity index (χ0v) is 17.8. The molecule has 1 aliphatic carbocycles. The van der Waals surface area contributed by atoms with Crippen LogP contribution in [0.4, 0.5) is 5.69 Å². The van der Waals surface area contributed by atoms with Gasteiger partial charge in [0.25, 0.3) is 0 Å². The van der Waals surface area contributed by atoms with Crippen LogP contribution in [0.5, 0.6) is 0 Å². The van der Waals surface area contributed by atoms with Gasteiger partial charge in [-0.15, -0.1) is 0 Å². The summed E-state index contributed by atoms with van der Waals surface area (Å²) in [6.45, 7) is 10.9. The Bertz CT molecular complexity index is 723. The third-order valence-corrected chi connectivity index (χ3v) is 7.00. The van der Waals surface area contributed by atoms with Crippen LogP contribution in [0.15, 0.2) is 24.3 Å². The van der Waals surface area contributed by atoms with Crippen LogP contribution in [0.3, 0.4) is 0 Å². The Kier molecular flexibility index (Phi) is 6.20. The molecule has 2 heterocycles. The van der Waals surface area contributed by atoms with E-state index in [2.05, 4.69) is 26.5 Å². The number of carbonyl (C=O) groups is 2. The van der Waals surface area contributed by atoms with E-state index in [1.807, 2.05) is 24.3 Å². The maximum Gasteiger partial charge on any atom is 0.236 e. The summed E-state index contributed by atoms with van der Waals surface area (Å²) in [6, 6.07) is 8.99. The lowest BCUT2D eigenvalue weighted by molar-refractivity contribution is -0.135. The van der Waals surface area contributed by atoms with Gasteiger partial charge in [-0.25, -0.2) is 0 Å². The first-order chi connectivity index (χ1) is 14.0. The molecule has 4 rings (SSSR count). The Hall–Kier alpha value is -1.92. The van der Waals surface area contributed by atoms with Crippen LogP contribution < -0.4 is 4.90 Å². The van der Waals surface area contributed by atoms with Gasteiger partial charge in [0.05, 0.1) is 6.54 Å². The van der Waals surface area contributed by atoms with Gasteiger partial charge in [-0.05, 0) is 51.0 Å². The van der Waals surface area contributed by atoms with Crippen molar-refractivity contribution in [2.75, 3.05) is 57.3 Å². The predicted octanol–water partition coefficient (Wildman–Crippen LogP) is 2.10. The molecule has 2 aliphatic heterocycles. The minimum absolute atomic E-state index is 0.0989. The molecule has 29 heavy (non-hydrogen) atoms. The smallest absolute Gasteiger partial charge is 0.236 e. The molecular weight excluding hydrogens is 364 g/mol. The monoisotopic (exact) mass is 398 g/mol. The van der Waals surface area contributed by atoms with Gasteiger partial charge in [-0.3, -0.25) is 19.4 Å². The maximum atomic E-state index is 12.8. The van der Waals surface area contributed by atoms with Crippen molar-refractivity contribution in [2.24, 2.45) is 0 Å². The molecule has 1 aromatic carbocycles. The first kappa shape index (κ1) is 20.4. The molecule has 1 aromatic rings. The molecule has 158 valence electrons. The predicted molar refractivity (Wildman–Crippen MR) is 115 cm³/mol. The van der Waals surface area contributed by atoms with Gasteiger partial charge >= 0.3 is 0 Å². The maximum absolute atomic E-state index is 12.8. The van der Waals surface area contributed by atoms with E-state index in [0.29, 0.717) is 12.6 Å². The molecule has 0 spiro atoms. The number of ketones is 1. The molecule has 1 saturated carbocycles. The van der Waals surface area contributed by atoms with Crippen molar-refractivity contribution in [3.05, 3.63) is 29.8 Å². The van der Waals surface area contributed by atoms with Gasteiger partial charge in [0.1, 0.15) is 0 Å². The molecular formula is C23H34N4O2. The second-order valence-electron chi connectivity index (χ2n) is 8.87. The normalized spacial score (nSPS) is 24.4. The van der Waals surface area contributed by atoms with Crippen LogP contribution in [-0.4, -0.2) is 90.8 Å². The molecule has 1 amide bonds. The first-order valence-electron chi connectivity index (χ1n) is 11.1. The minimum Gasteiger partial charge on any atom is -0.369 e. The number of rotatable bonds is 5. The number of hydrogen-bond donors (Lipinski definition) is 0. The highest BCUT2D eigenvalue weighted by molar-refractivity contribution is 5.94. The summed E-state index contributed by atoms with van der Waals surface area (Å²) in [7, 11) is 0. The Balaban J connectivity index is 1.25. The molecule has 0 N–H and O–H groups in total. The zero-order chi connectivity index (χ0) is 20.4. The fourth-order valence-corrected chi connectivity index (χ4v) is 4.73. The molecule has 6 heteroatoms. The molecule has 0 unspecified atom stereocenters. The van der Waals surface area contributed by atoms with Gasteiger partial charge in [-0.2, -0.15) is 0 Å². The minimum atomic E-state index is 0.0989. The van der Waals surface area contributed by atoms with Crippen molar-refractivity contribution in [1.82, 2.24) is 14.7 Å². The van der Waals surface area contributed by atoms with Crippen molar-refractivity contribution < 1.29 is 9.59 Å². The Morgan fingerprint density at radius 3 is 2.21 bits per heavy atom. The number of amides is 1. The van der Waals surface area contributed by atoms with Crippen LogP contribution in [0, 0.1) is 0 Å². The Labute approximate surface area is 174 Å². The highest BCUT2D eigenvalue weighted by Crippen LogP contribution is 2.25. The van der Waals surface area contributed by atoms with E-state index in [4.69, 9.17) is 0 Å². The number of piperazine rings is 2. The van der Waals surface area contributed by atoms with Crippen molar-refractivity contribution in [3.63, 3.8) is 0 Å². The van der Waals surface area contributed by atoms with Crippen LogP contribution >= 0.6 is 0 Å². The summed E-state index contributed by atoms with van der Waals surface area (Å²) < 4.78 is 0. The fourth-order valence-electron chi connectivity index (χ4n) is 4.73. The molecule has 3 fully saturated rings. The summed E-state index contributed by atoms with van der Waals surface area (Å²) in [5, 5.41) is 0. The van der Waals surface area contributed by atoms with Crippen molar-refractivity contribution >= 4 is 17.4 Å². The SMILES string of the molecule is CC(=O)c1ccc(N2CCN(CC(=O)N3CCN(C4CCC4)CC3)[C@@H](C)C2)cc1. The zero-order valence-electron chi connectivity index (χ0n) is 17.8. The average molecular weight is 399 g/mol. The van der Waals surface area contributed by atoms with Crippen molar-refractivity contribution in [2.45, 2.75) is 45.2 Å². The standard InChI is InChI=1S/C23H34N4O2/c1-18-16-27(22-8-6-20(7-9-22)19(2)28)15-14-26(18)17-23(29)25-12-10-24(11-13-25)21-4-3-5-21/h6-9,18,21H,3-5,10-17H2,1-2H3/t18-/m0/s1. The quantitative estimate of drug-likeness (QED) is 0.711. The molecule has 2 saturated heterocycles. The summed E-state index contributed by atoms with van der Waals surface area (Å²) in [5.74, 6) is 0.381. The first-order valence-corrected chi connectivity index (χ1v) is 11.1. The highest BCUT2D eigenvalue weighted by atomic mass is 16.2. The van der Waals surface area contributed by atoms with Gasteiger partial charge in [0.2, 0.25) is 5.91 Å². The average Bonchev–Trinajstić information content (AvgIpc) is 2.69. The van der Waals surface area contributed by atoms with E-state index in [0.717, 1.165) is 63.1 Å². The largest absolute Gasteiger partial charge is 0.369 e. The topological polar surface area (TPSA) is 47.1 Å². The van der Waals surface area contributed by atoms with Crippen LogP contribution in [0.2, 0.25) is 0 Å². The molecule has 1 atom stereocenters. The van der Waals surface area contributed by atoms with E-state index in [9.17, 15) is 9.59 Å². The van der Waals surface area contributed by atoms with E-state index in [1.165, 1.54) is 19.3 Å². The van der Waals surface area contributed by atoms with Gasteiger partial charge in [-0.1, -0.05) is 6.42 Å². The van der Waals surface area contributed by atoms with E-state index < -0.39 is 0 Å². The summed E-state index contributed by atoms with van der Waals surface area (Å²) in [4.78, 5) is 33.6.